The fraction of sp³-hybridized carbons (Fsp3) is 0.417. The quantitative estimate of drug-likeness (QED) is 0.749. The minimum absolute atomic E-state index is 0.255. The molecule has 1 atom stereocenters. The number of rotatable bonds is 3. The highest BCUT2D eigenvalue weighted by molar-refractivity contribution is 5.76. The van der Waals surface area contributed by atoms with Crippen LogP contribution in [-0.2, 0) is 4.79 Å². The van der Waals surface area contributed by atoms with E-state index in [0.717, 1.165) is 25.2 Å². The van der Waals surface area contributed by atoms with Gasteiger partial charge < -0.3 is 5.32 Å². The Kier molecular flexibility index (Phi) is 3.02. The molecule has 1 amide bonds. The molecule has 1 unspecified atom stereocenters. The second-order valence-electron chi connectivity index (χ2n) is 3.94. The molecule has 2 rings (SSSR count). The van der Waals surface area contributed by atoms with Crippen molar-refractivity contribution in [2.45, 2.75) is 19.4 Å². The minimum atomic E-state index is 0.255. The molecule has 1 saturated heterocycles. The number of aryl methyl sites for hydroxylation is 1. The summed E-state index contributed by atoms with van der Waals surface area (Å²) < 4.78 is 0. The molecule has 1 aliphatic heterocycles. The van der Waals surface area contributed by atoms with Crippen molar-refractivity contribution >= 4 is 12.1 Å². The number of hydrogen-bond donors (Lipinski definition) is 1. The molecule has 1 aromatic carbocycles. The van der Waals surface area contributed by atoms with Crippen LogP contribution in [0, 0.1) is 6.92 Å². The first-order valence-electron chi connectivity index (χ1n) is 5.25. The second kappa shape index (κ2) is 4.45. The van der Waals surface area contributed by atoms with Gasteiger partial charge in [0.1, 0.15) is 0 Å². The van der Waals surface area contributed by atoms with Crippen LogP contribution in [-0.4, -0.2) is 25.5 Å². The lowest BCUT2D eigenvalue weighted by Gasteiger charge is -2.22. The Morgan fingerprint density at radius 1 is 1.40 bits per heavy atom. The molecular formula is C12H15N2O. The SMILES string of the molecule is Cc1ccc(N([C]=O)C2CCNC2)cc1. The zero-order chi connectivity index (χ0) is 10.7. The summed E-state index contributed by atoms with van der Waals surface area (Å²) in [6, 6.07) is 8.23. The summed E-state index contributed by atoms with van der Waals surface area (Å²) in [7, 11) is 0. The maximum atomic E-state index is 11.0. The summed E-state index contributed by atoms with van der Waals surface area (Å²) in [6.45, 7) is 3.88. The highest BCUT2D eigenvalue weighted by atomic mass is 16.1. The molecule has 1 N–H and O–H groups in total. The van der Waals surface area contributed by atoms with E-state index in [0.29, 0.717) is 0 Å². The molecule has 3 nitrogen and oxygen atoms in total. The third-order valence-electron chi connectivity index (χ3n) is 2.81. The van der Waals surface area contributed by atoms with Gasteiger partial charge in [-0.15, -0.1) is 0 Å². The molecule has 0 spiro atoms. The summed E-state index contributed by atoms with van der Waals surface area (Å²) in [5, 5.41) is 3.25. The standard InChI is InChI=1S/C12H15N2O/c1-10-2-4-11(5-3-10)14(9-15)12-6-7-13-8-12/h2-5,12-13H,6-8H2,1H3. The van der Waals surface area contributed by atoms with E-state index in [1.807, 2.05) is 37.6 Å². The maximum absolute atomic E-state index is 11.0. The molecule has 0 aliphatic carbocycles. The van der Waals surface area contributed by atoms with Gasteiger partial charge in [-0.3, -0.25) is 9.69 Å². The van der Waals surface area contributed by atoms with Gasteiger partial charge >= 0.3 is 6.41 Å². The topological polar surface area (TPSA) is 32.3 Å². The lowest BCUT2D eigenvalue weighted by molar-refractivity contribution is 0.542. The van der Waals surface area contributed by atoms with E-state index in [2.05, 4.69) is 5.32 Å². The fourth-order valence-corrected chi connectivity index (χ4v) is 1.90. The maximum Gasteiger partial charge on any atom is 0.317 e. The van der Waals surface area contributed by atoms with E-state index in [1.165, 1.54) is 5.56 Å². The molecule has 1 aromatic rings. The van der Waals surface area contributed by atoms with Gasteiger partial charge in [-0.05, 0) is 32.0 Å². The summed E-state index contributed by atoms with van der Waals surface area (Å²) >= 11 is 0. The Hall–Kier alpha value is -1.35. The van der Waals surface area contributed by atoms with E-state index >= 15 is 0 Å². The molecular weight excluding hydrogens is 188 g/mol. The van der Waals surface area contributed by atoms with Crippen LogP contribution in [0.1, 0.15) is 12.0 Å². The summed E-state index contributed by atoms with van der Waals surface area (Å²) in [5.74, 6) is 0. The number of hydrogen-bond acceptors (Lipinski definition) is 2. The van der Waals surface area contributed by atoms with Crippen LogP contribution in [0.4, 0.5) is 5.69 Å². The first-order chi connectivity index (χ1) is 7.31. The molecule has 79 valence electrons. The number of nitrogens with zero attached hydrogens (tertiary/aromatic N) is 1. The van der Waals surface area contributed by atoms with E-state index in [9.17, 15) is 4.79 Å². The number of nitrogens with one attached hydrogen (secondary N) is 1. The highest BCUT2D eigenvalue weighted by Crippen LogP contribution is 2.18. The Morgan fingerprint density at radius 3 is 2.67 bits per heavy atom. The molecule has 1 aliphatic rings. The monoisotopic (exact) mass is 203 g/mol. The van der Waals surface area contributed by atoms with Crippen LogP contribution >= 0.6 is 0 Å². The average molecular weight is 203 g/mol. The number of anilines is 1. The van der Waals surface area contributed by atoms with E-state index in [-0.39, 0.29) is 6.04 Å². The molecule has 15 heavy (non-hydrogen) atoms. The van der Waals surface area contributed by atoms with Gasteiger partial charge in [0, 0.05) is 12.2 Å². The zero-order valence-corrected chi connectivity index (χ0v) is 8.86. The average Bonchev–Trinajstić information content (AvgIpc) is 2.75. The predicted molar refractivity (Wildman–Crippen MR) is 60.6 cm³/mol. The number of benzene rings is 1. The van der Waals surface area contributed by atoms with Crippen molar-refractivity contribution in [2.75, 3.05) is 18.0 Å². The van der Waals surface area contributed by atoms with Gasteiger partial charge in [0.25, 0.3) is 0 Å². The molecule has 3 heteroatoms. The van der Waals surface area contributed by atoms with Crippen molar-refractivity contribution < 1.29 is 4.79 Å². The van der Waals surface area contributed by atoms with E-state index < -0.39 is 0 Å². The van der Waals surface area contributed by atoms with Crippen LogP contribution in [0.2, 0.25) is 0 Å². The largest absolute Gasteiger partial charge is 0.317 e. The van der Waals surface area contributed by atoms with Crippen LogP contribution in [0.5, 0.6) is 0 Å². The normalized spacial score (nSPS) is 20.2. The molecule has 1 fully saturated rings. The molecule has 1 radical (unpaired) electrons. The van der Waals surface area contributed by atoms with E-state index in [1.54, 1.807) is 4.90 Å². The van der Waals surface area contributed by atoms with Gasteiger partial charge in [0.2, 0.25) is 0 Å². The van der Waals surface area contributed by atoms with Gasteiger partial charge in [-0.25, -0.2) is 0 Å². The van der Waals surface area contributed by atoms with Crippen molar-refractivity contribution in [1.29, 1.82) is 0 Å². The van der Waals surface area contributed by atoms with Crippen molar-refractivity contribution in [2.24, 2.45) is 0 Å². The van der Waals surface area contributed by atoms with Crippen LogP contribution < -0.4 is 10.2 Å². The van der Waals surface area contributed by atoms with Gasteiger partial charge in [0.15, 0.2) is 0 Å². The second-order valence-corrected chi connectivity index (χ2v) is 3.94. The van der Waals surface area contributed by atoms with Gasteiger partial charge in [-0.2, -0.15) is 0 Å². The van der Waals surface area contributed by atoms with Crippen molar-refractivity contribution in [3.8, 4) is 0 Å². The first kappa shape index (κ1) is 10.2. The van der Waals surface area contributed by atoms with E-state index in [4.69, 9.17) is 0 Å². The van der Waals surface area contributed by atoms with Crippen molar-refractivity contribution in [3.63, 3.8) is 0 Å². The van der Waals surface area contributed by atoms with Crippen LogP contribution in [0.3, 0.4) is 0 Å². The van der Waals surface area contributed by atoms with Crippen LogP contribution in [0.25, 0.3) is 0 Å². The third kappa shape index (κ3) is 2.18. The molecule has 1 heterocycles. The number of amides is 1. The Bertz CT molecular complexity index is 328. The lowest BCUT2D eigenvalue weighted by Crippen LogP contribution is -2.35. The molecule has 0 saturated carbocycles. The van der Waals surface area contributed by atoms with Gasteiger partial charge in [-0.1, -0.05) is 17.7 Å². The Labute approximate surface area is 90.1 Å². The molecule has 0 aromatic heterocycles. The Balaban J connectivity index is 2.18. The smallest absolute Gasteiger partial charge is 0.315 e. The van der Waals surface area contributed by atoms with Crippen LogP contribution in [0.15, 0.2) is 24.3 Å². The lowest BCUT2D eigenvalue weighted by atomic mass is 10.1. The van der Waals surface area contributed by atoms with Crippen molar-refractivity contribution in [1.82, 2.24) is 5.32 Å². The third-order valence-corrected chi connectivity index (χ3v) is 2.81. The van der Waals surface area contributed by atoms with Gasteiger partial charge in [0.05, 0.1) is 6.04 Å². The molecule has 0 bridgehead atoms. The zero-order valence-electron chi connectivity index (χ0n) is 8.86. The summed E-state index contributed by atoms with van der Waals surface area (Å²) in [6.07, 6.45) is 3.03. The van der Waals surface area contributed by atoms with Crippen molar-refractivity contribution in [3.05, 3.63) is 29.8 Å². The fourth-order valence-electron chi connectivity index (χ4n) is 1.90. The summed E-state index contributed by atoms with van der Waals surface area (Å²) in [5.41, 5.74) is 2.14. The highest BCUT2D eigenvalue weighted by Gasteiger charge is 2.22. The minimum Gasteiger partial charge on any atom is -0.315 e. The number of carbonyl (C=O) groups excluding carboxylic acids is 1. The summed E-state index contributed by atoms with van der Waals surface area (Å²) in [4.78, 5) is 12.6. The predicted octanol–water partition coefficient (Wildman–Crippen LogP) is 1.23. The first-order valence-corrected chi connectivity index (χ1v) is 5.25. The Morgan fingerprint density at radius 2 is 2.13 bits per heavy atom.